The molecular weight excluding hydrogens is 318 g/mol. The summed E-state index contributed by atoms with van der Waals surface area (Å²) >= 11 is 0. The lowest BCUT2D eigenvalue weighted by Crippen LogP contribution is -2.09. The largest absolute Gasteiger partial charge is 0.279 e. The predicted molar refractivity (Wildman–Crippen MR) is 99.9 cm³/mol. The van der Waals surface area contributed by atoms with Gasteiger partial charge in [0.2, 0.25) is 0 Å². The fourth-order valence-electron chi connectivity index (χ4n) is 2.36. The average Bonchev–Trinajstić information content (AvgIpc) is 2.62. The number of hydrogen-bond donors (Lipinski definition) is 1. The van der Waals surface area contributed by atoms with Crippen molar-refractivity contribution in [3.8, 4) is 11.1 Å². The molecule has 4 heteroatoms. The molecule has 1 N–H and O–H groups in total. The standard InChI is InChI=1S/C20H17NO2S/c22-24(23,16-15-17-9-3-1-4-10-17)21-20-14-8-7-13-19(20)18-11-5-2-6-12-18/h1-16,21H. The van der Waals surface area contributed by atoms with Crippen LogP contribution in [0, 0.1) is 0 Å². The van der Waals surface area contributed by atoms with Gasteiger partial charge >= 0.3 is 0 Å². The van der Waals surface area contributed by atoms with Gasteiger partial charge in [-0.05, 0) is 23.3 Å². The Balaban J connectivity index is 1.87. The van der Waals surface area contributed by atoms with Crippen molar-refractivity contribution in [2.45, 2.75) is 0 Å². The summed E-state index contributed by atoms with van der Waals surface area (Å²) in [7, 11) is -3.59. The maximum absolute atomic E-state index is 12.4. The zero-order valence-corrected chi connectivity index (χ0v) is 13.8. The van der Waals surface area contributed by atoms with Gasteiger partial charge in [0.1, 0.15) is 0 Å². The number of sulfonamides is 1. The third-order valence-corrected chi connectivity index (χ3v) is 4.50. The molecule has 3 rings (SSSR count). The van der Waals surface area contributed by atoms with Gasteiger partial charge in [-0.2, -0.15) is 0 Å². The summed E-state index contributed by atoms with van der Waals surface area (Å²) < 4.78 is 27.4. The highest BCUT2D eigenvalue weighted by molar-refractivity contribution is 7.95. The SMILES string of the molecule is O=S(=O)(C=Cc1ccccc1)Nc1ccccc1-c1ccccc1. The lowest BCUT2D eigenvalue weighted by molar-refractivity contribution is 0.609. The van der Waals surface area contributed by atoms with Crippen molar-refractivity contribution in [3.05, 3.63) is 95.9 Å². The molecule has 0 atom stereocenters. The zero-order chi connectivity index (χ0) is 16.8. The number of hydrogen-bond acceptors (Lipinski definition) is 2. The molecular formula is C20H17NO2S. The summed E-state index contributed by atoms with van der Waals surface area (Å²) in [6.45, 7) is 0. The summed E-state index contributed by atoms with van der Waals surface area (Å²) in [5.74, 6) is 0. The molecule has 0 fully saturated rings. The van der Waals surface area contributed by atoms with Gasteiger partial charge in [0, 0.05) is 5.56 Å². The summed E-state index contributed by atoms with van der Waals surface area (Å²) in [5.41, 5.74) is 3.19. The van der Waals surface area contributed by atoms with Crippen LogP contribution in [0.5, 0.6) is 0 Å². The summed E-state index contributed by atoms with van der Waals surface area (Å²) in [5, 5.41) is 1.18. The average molecular weight is 335 g/mol. The quantitative estimate of drug-likeness (QED) is 0.730. The van der Waals surface area contributed by atoms with E-state index in [9.17, 15) is 8.42 Å². The van der Waals surface area contributed by atoms with E-state index in [2.05, 4.69) is 4.72 Å². The number of benzene rings is 3. The Hall–Kier alpha value is -2.85. The van der Waals surface area contributed by atoms with Crippen LogP contribution in [0.1, 0.15) is 5.56 Å². The van der Waals surface area contributed by atoms with Crippen molar-refractivity contribution in [2.24, 2.45) is 0 Å². The van der Waals surface area contributed by atoms with E-state index in [1.165, 1.54) is 5.41 Å². The monoisotopic (exact) mass is 335 g/mol. The van der Waals surface area contributed by atoms with E-state index in [4.69, 9.17) is 0 Å². The Kier molecular flexibility index (Phi) is 4.77. The fraction of sp³-hybridized carbons (Fsp3) is 0. The molecule has 0 saturated heterocycles. The lowest BCUT2D eigenvalue weighted by Gasteiger charge is -2.11. The van der Waals surface area contributed by atoms with Crippen molar-refractivity contribution in [1.82, 2.24) is 0 Å². The third-order valence-electron chi connectivity index (χ3n) is 3.50. The van der Waals surface area contributed by atoms with Crippen LogP contribution in [-0.2, 0) is 10.0 Å². The number of rotatable bonds is 5. The van der Waals surface area contributed by atoms with Gasteiger partial charge in [0.25, 0.3) is 10.0 Å². The Morgan fingerprint density at radius 2 is 1.29 bits per heavy atom. The summed E-state index contributed by atoms with van der Waals surface area (Å²) in [6, 6.07) is 26.4. The number of nitrogens with one attached hydrogen (secondary N) is 1. The van der Waals surface area contributed by atoms with E-state index in [-0.39, 0.29) is 0 Å². The van der Waals surface area contributed by atoms with Gasteiger partial charge in [-0.1, -0.05) is 78.9 Å². The Morgan fingerprint density at radius 3 is 2.00 bits per heavy atom. The predicted octanol–water partition coefficient (Wildman–Crippen LogP) is 4.77. The molecule has 0 aliphatic rings. The lowest BCUT2D eigenvalue weighted by atomic mass is 10.0. The van der Waals surface area contributed by atoms with Crippen LogP contribution in [0.4, 0.5) is 5.69 Å². The van der Waals surface area contributed by atoms with E-state index < -0.39 is 10.0 Å². The first-order valence-corrected chi connectivity index (χ1v) is 9.09. The first-order valence-electron chi connectivity index (χ1n) is 7.54. The molecule has 24 heavy (non-hydrogen) atoms. The van der Waals surface area contributed by atoms with Crippen molar-refractivity contribution < 1.29 is 8.42 Å². The normalized spacial score (nSPS) is 11.5. The minimum Gasteiger partial charge on any atom is -0.279 e. The molecule has 0 aliphatic heterocycles. The van der Waals surface area contributed by atoms with Crippen LogP contribution < -0.4 is 4.72 Å². The fourth-order valence-corrected chi connectivity index (χ4v) is 3.25. The minimum atomic E-state index is -3.59. The first-order chi connectivity index (χ1) is 11.6. The molecule has 0 amide bonds. The number of anilines is 1. The maximum Gasteiger partial charge on any atom is 0.255 e. The van der Waals surface area contributed by atoms with E-state index in [1.54, 1.807) is 12.1 Å². The first kappa shape index (κ1) is 16.0. The van der Waals surface area contributed by atoms with E-state index in [0.29, 0.717) is 5.69 Å². The molecule has 3 aromatic carbocycles. The highest BCUT2D eigenvalue weighted by atomic mass is 32.2. The second-order valence-corrected chi connectivity index (χ2v) is 6.84. The van der Waals surface area contributed by atoms with Crippen LogP contribution in [0.3, 0.4) is 0 Å². The molecule has 3 nitrogen and oxygen atoms in total. The van der Waals surface area contributed by atoms with Crippen LogP contribution >= 0.6 is 0 Å². The van der Waals surface area contributed by atoms with Gasteiger partial charge in [0.15, 0.2) is 0 Å². The van der Waals surface area contributed by atoms with Gasteiger partial charge in [-0.3, -0.25) is 4.72 Å². The Morgan fingerprint density at radius 1 is 0.708 bits per heavy atom. The van der Waals surface area contributed by atoms with E-state index >= 15 is 0 Å². The van der Waals surface area contributed by atoms with Crippen molar-refractivity contribution in [2.75, 3.05) is 4.72 Å². The maximum atomic E-state index is 12.4. The summed E-state index contributed by atoms with van der Waals surface area (Å²) in [4.78, 5) is 0. The highest BCUT2D eigenvalue weighted by Gasteiger charge is 2.10. The Labute approximate surface area is 142 Å². The molecule has 0 spiro atoms. The molecule has 0 bridgehead atoms. The molecule has 120 valence electrons. The van der Waals surface area contributed by atoms with Gasteiger partial charge in [-0.25, -0.2) is 8.42 Å². The second-order valence-electron chi connectivity index (χ2n) is 5.27. The molecule has 0 aromatic heterocycles. The Bertz CT molecular complexity index is 934. The van der Waals surface area contributed by atoms with Gasteiger partial charge < -0.3 is 0 Å². The van der Waals surface area contributed by atoms with Crippen molar-refractivity contribution in [3.63, 3.8) is 0 Å². The molecule has 3 aromatic rings. The minimum absolute atomic E-state index is 0.557. The highest BCUT2D eigenvalue weighted by Crippen LogP contribution is 2.28. The van der Waals surface area contributed by atoms with Gasteiger partial charge in [-0.15, -0.1) is 0 Å². The molecule has 0 heterocycles. The topological polar surface area (TPSA) is 46.2 Å². The van der Waals surface area contributed by atoms with Gasteiger partial charge in [0.05, 0.1) is 11.1 Å². The zero-order valence-electron chi connectivity index (χ0n) is 13.0. The number of para-hydroxylation sites is 1. The third kappa shape index (κ3) is 4.12. The molecule has 0 unspecified atom stereocenters. The second kappa shape index (κ2) is 7.15. The van der Waals surface area contributed by atoms with E-state index in [0.717, 1.165) is 16.7 Å². The van der Waals surface area contributed by atoms with Crippen LogP contribution in [0.15, 0.2) is 90.3 Å². The van der Waals surface area contributed by atoms with Crippen LogP contribution in [-0.4, -0.2) is 8.42 Å². The van der Waals surface area contributed by atoms with Crippen molar-refractivity contribution >= 4 is 21.8 Å². The summed E-state index contributed by atoms with van der Waals surface area (Å²) in [6.07, 6.45) is 1.58. The van der Waals surface area contributed by atoms with Crippen LogP contribution in [0.2, 0.25) is 0 Å². The van der Waals surface area contributed by atoms with Crippen molar-refractivity contribution in [1.29, 1.82) is 0 Å². The van der Waals surface area contributed by atoms with Crippen LogP contribution in [0.25, 0.3) is 17.2 Å². The van der Waals surface area contributed by atoms with E-state index in [1.807, 2.05) is 78.9 Å². The smallest absolute Gasteiger partial charge is 0.255 e. The molecule has 0 radical (unpaired) electrons. The molecule has 0 saturated carbocycles. The molecule has 0 aliphatic carbocycles.